The first kappa shape index (κ1) is 5.23. The van der Waals surface area contributed by atoms with E-state index in [1.165, 1.54) is 0 Å². The molecule has 0 saturated carbocycles. The topological polar surface area (TPSA) is 35.5 Å². The van der Waals surface area contributed by atoms with Crippen molar-refractivity contribution in [3.8, 4) is 0 Å². The highest BCUT2D eigenvalue weighted by Gasteiger charge is 2.38. The van der Waals surface area contributed by atoms with Crippen molar-refractivity contribution in [2.45, 2.75) is 31.7 Å². The number of carbonyl (C=O) groups is 1. The van der Waals surface area contributed by atoms with Crippen LogP contribution in [0.1, 0.15) is 19.3 Å². The molecule has 2 rings (SSSR count). The lowest BCUT2D eigenvalue weighted by molar-refractivity contribution is -0.143. The van der Waals surface area contributed by atoms with Gasteiger partial charge >= 0.3 is 5.97 Å². The number of carbonyl (C=O) groups excluding carboxylic acids is 1. The Morgan fingerprint density at radius 1 is 1.44 bits per heavy atom. The Labute approximate surface area is 52.9 Å². The second-order valence-corrected chi connectivity index (χ2v) is 2.42. The smallest absolute Gasteiger partial charge is 0.337 e. The second kappa shape index (κ2) is 1.70. The molecule has 0 aliphatic carbocycles. The van der Waals surface area contributed by atoms with E-state index in [0.29, 0.717) is 0 Å². The summed E-state index contributed by atoms with van der Waals surface area (Å²) in [5.41, 5.74) is 0. The molecule has 9 heavy (non-hydrogen) atoms. The Bertz CT molecular complexity index is 143. The zero-order chi connectivity index (χ0) is 6.27. The van der Waals surface area contributed by atoms with Crippen LogP contribution < -0.4 is 0 Å². The summed E-state index contributed by atoms with van der Waals surface area (Å²) >= 11 is 0. The molecule has 2 aliphatic heterocycles. The normalized spacial score (nSPS) is 40.7. The Morgan fingerprint density at radius 3 is 3.00 bits per heavy atom. The average Bonchev–Trinajstić information content (AvgIpc) is 2.09. The first-order valence-electron chi connectivity index (χ1n) is 3.22. The van der Waals surface area contributed by atoms with Gasteiger partial charge in [0.15, 0.2) is 6.10 Å². The van der Waals surface area contributed by atoms with E-state index in [0.717, 1.165) is 19.3 Å². The fourth-order valence-corrected chi connectivity index (χ4v) is 1.25. The summed E-state index contributed by atoms with van der Waals surface area (Å²) < 4.78 is 9.96. The lowest BCUT2D eigenvalue weighted by atomic mass is 10.1. The minimum atomic E-state index is -0.233. The number of ether oxygens (including phenoxy) is 2. The molecule has 3 nitrogen and oxygen atoms in total. The molecule has 0 amide bonds. The fraction of sp³-hybridized carbons (Fsp3) is 0.833. The van der Waals surface area contributed by atoms with Crippen LogP contribution in [0.25, 0.3) is 0 Å². The molecule has 0 N–H and O–H groups in total. The maximum atomic E-state index is 10.7. The minimum Gasteiger partial charge on any atom is -0.434 e. The summed E-state index contributed by atoms with van der Waals surface area (Å²) in [7, 11) is 0. The van der Waals surface area contributed by atoms with Gasteiger partial charge in [-0.1, -0.05) is 0 Å². The van der Waals surface area contributed by atoms with Crippen molar-refractivity contribution < 1.29 is 14.3 Å². The number of fused-ring (bicyclic) bond motifs is 2. The van der Waals surface area contributed by atoms with Gasteiger partial charge in [-0.3, -0.25) is 0 Å². The van der Waals surface area contributed by atoms with Crippen molar-refractivity contribution in [2.75, 3.05) is 0 Å². The monoisotopic (exact) mass is 128 g/mol. The molecular formula is C6H8O3. The van der Waals surface area contributed by atoms with Crippen LogP contribution in [0.2, 0.25) is 0 Å². The Hall–Kier alpha value is -0.570. The first-order valence-corrected chi connectivity index (χ1v) is 3.22. The maximum Gasteiger partial charge on any atom is 0.337 e. The molecule has 2 heterocycles. The molecule has 50 valence electrons. The quantitative estimate of drug-likeness (QED) is 0.444. The van der Waals surface area contributed by atoms with Crippen molar-refractivity contribution >= 4 is 5.97 Å². The van der Waals surface area contributed by atoms with Crippen LogP contribution in [0.15, 0.2) is 0 Å². The summed E-state index contributed by atoms with van der Waals surface area (Å²) in [5.74, 6) is -0.169. The Morgan fingerprint density at radius 2 is 2.33 bits per heavy atom. The van der Waals surface area contributed by atoms with E-state index in [9.17, 15) is 4.79 Å². The number of hydrogen-bond donors (Lipinski definition) is 0. The van der Waals surface area contributed by atoms with Crippen molar-refractivity contribution in [3.05, 3.63) is 0 Å². The van der Waals surface area contributed by atoms with Gasteiger partial charge in [-0.25, -0.2) is 4.79 Å². The fourth-order valence-electron chi connectivity index (χ4n) is 1.25. The number of esters is 1. The van der Waals surface area contributed by atoms with Crippen LogP contribution >= 0.6 is 0 Å². The van der Waals surface area contributed by atoms with Crippen molar-refractivity contribution in [3.63, 3.8) is 0 Å². The van der Waals surface area contributed by atoms with Crippen LogP contribution in [0.5, 0.6) is 0 Å². The molecular weight excluding hydrogens is 120 g/mol. The summed E-state index contributed by atoms with van der Waals surface area (Å²) in [6, 6.07) is 0. The predicted molar refractivity (Wildman–Crippen MR) is 28.6 cm³/mol. The first-order chi connectivity index (χ1) is 4.36. The molecule has 2 bridgehead atoms. The van der Waals surface area contributed by atoms with Crippen molar-refractivity contribution in [2.24, 2.45) is 0 Å². The molecule has 0 radical (unpaired) electrons. The van der Waals surface area contributed by atoms with Crippen molar-refractivity contribution in [1.82, 2.24) is 0 Å². The van der Waals surface area contributed by atoms with Crippen LogP contribution in [0.4, 0.5) is 0 Å². The van der Waals surface area contributed by atoms with E-state index >= 15 is 0 Å². The minimum absolute atomic E-state index is 0.169. The molecule has 1 unspecified atom stereocenters. The zero-order valence-electron chi connectivity index (χ0n) is 5.00. The largest absolute Gasteiger partial charge is 0.434 e. The summed E-state index contributed by atoms with van der Waals surface area (Å²) in [5, 5.41) is 0. The SMILES string of the molecule is O=C1OC2CCC[C@H]1O2. The van der Waals surface area contributed by atoms with Gasteiger partial charge in [0, 0.05) is 6.42 Å². The highest BCUT2D eigenvalue weighted by atomic mass is 16.8. The van der Waals surface area contributed by atoms with Gasteiger partial charge in [-0.15, -0.1) is 0 Å². The van der Waals surface area contributed by atoms with Gasteiger partial charge in [0.2, 0.25) is 6.29 Å². The third-order valence-electron chi connectivity index (χ3n) is 1.73. The van der Waals surface area contributed by atoms with Crippen LogP contribution in [-0.2, 0) is 14.3 Å². The van der Waals surface area contributed by atoms with Gasteiger partial charge in [0.1, 0.15) is 0 Å². The standard InChI is InChI=1S/C6H8O3/c7-6-4-2-1-3-5(8-4)9-6/h4-5H,1-3H2/t4-,5?/m1/s1. The molecule has 2 saturated heterocycles. The van der Waals surface area contributed by atoms with Gasteiger partial charge in [0.05, 0.1) is 0 Å². The molecule has 0 spiro atoms. The molecule has 0 aromatic heterocycles. The maximum absolute atomic E-state index is 10.7. The Balaban J connectivity index is 2.15. The van der Waals surface area contributed by atoms with E-state index in [4.69, 9.17) is 9.47 Å². The van der Waals surface area contributed by atoms with E-state index in [1.807, 2.05) is 0 Å². The molecule has 2 fully saturated rings. The second-order valence-electron chi connectivity index (χ2n) is 2.42. The van der Waals surface area contributed by atoms with Crippen LogP contribution in [-0.4, -0.2) is 18.4 Å². The van der Waals surface area contributed by atoms with E-state index in [-0.39, 0.29) is 18.4 Å². The lowest BCUT2D eigenvalue weighted by Gasteiger charge is -2.13. The zero-order valence-corrected chi connectivity index (χ0v) is 5.00. The predicted octanol–water partition coefficient (Wildman–Crippen LogP) is 0.438. The van der Waals surface area contributed by atoms with Crippen LogP contribution in [0.3, 0.4) is 0 Å². The lowest BCUT2D eigenvalue weighted by Crippen LogP contribution is -2.19. The highest BCUT2D eigenvalue weighted by molar-refractivity contribution is 5.76. The van der Waals surface area contributed by atoms with Crippen LogP contribution in [0, 0.1) is 0 Å². The summed E-state index contributed by atoms with van der Waals surface area (Å²) in [4.78, 5) is 10.7. The molecule has 2 atom stereocenters. The Kier molecular flexibility index (Phi) is 0.990. The molecule has 3 heteroatoms. The summed E-state index contributed by atoms with van der Waals surface area (Å²) in [6.45, 7) is 0. The van der Waals surface area contributed by atoms with Crippen molar-refractivity contribution in [1.29, 1.82) is 0 Å². The van der Waals surface area contributed by atoms with Gasteiger partial charge in [0.25, 0.3) is 0 Å². The molecule has 0 aromatic rings. The number of hydrogen-bond acceptors (Lipinski definition) is 3. The third-order valence-corrected chi connectivity index (χ3v) is 1.73. The van der Waals surface area contributed by atoms with E-state index < -0.39 is 0 Å². The molecule has 0 aromatic carbocycles. The summed E-state index contributed by atoms with van der Waals surface area (Å²) in [6.07, 6.45) is 2.33. The molecule has 2 aliphatic rings. The third kappa shape index (κ3) is 0.721. The van der Waals surface area contributed by atoms with E-state index in [1.54, 1.807) is 0 Å². The van der Waals surface area contributed by atoms with E-state index in [2.05, 4.69) is 0 Å². The average molecular weight is 128 g/mol. The highest BCUT2D eigenvalue weighted by Crippen LogP contribution is 2.27. The van der Waals surface area contributed by atoms with Gasteiger partial charge in [-0.05, 0) is 12.8 Å². The number of rotatable bonds is 0. The van der Waals surface area contributed by atoms with Gasteiger partial charge in [-0.2, -0.15) is 0 Å². The van der Waals surface area contributed by atoms with Gasteiger partial charge < -0.3 is 9.47 Å².